The summed E-state index contributed by atoms with van der Waals surface area (Å²) in [6.45, 7) is 4.04. The van der Waals surface area contributed by atoms with Crippen molar-refractivity contribution in [1.29, 1.82) is 0 Å². The van der Waals surface area contributed by atoms with E-state index in [1.54, 1.807) is 0 Å². The number of halogens is 1. The van der Waals surface area contributed by atoms with Crippen molar-refractivity contribution in [1.82, 2.24) is 5.32 Å². The number of carbonyl (C=O) groups excluding carboxylic acids is 1. The van der Waals surface area contributed by atoms with E-state index in [0.717, 1.165) is 28.6 Å². The summed E-state index contributed by atoms with van der Waals surface area (Å²) in [5.74, 6) is -0.0332. The predicted octanol–water partition coefficient (Wildman–Crippen LogP) is 2.84. The first-order valence-electron chi connectivity index (χ1n) is 5.86. The van der Waals surface area contributed by atoms with Gasteiger partial charge in [-0.05, 0) is 41.1 Å². The van der Waals surface area contributed by atoms with Crippen molar-refractivity contribution in [3.8, 4) is 0 Å². The van der Waals surface area contributed by atoms with Crippen molar-refractivity contribution in [2.24, 2.45) is 0 Å². The minimum Gasteiger partial charge on any atom is -0.380 e. The van der Waals surface area contributed by atoms with E-state index in [0.29, 0.717) is 13.2 Å². The Morgan fingerprint density at radius 2 is 2.12 bits per heavy atom. The van der Waals surface area contributed by atoms with Crippen LogP contribution in [-0.4, -0.2) is 25.7 Å². The molecule has 3 nitrogen and oxygen atoms in total. The van der Waals surface area contributed by atoms with E-state index in [1.165, 1.54) is 0 Å². The van der Waals surface area contributed by atoms with Gasteiger partial charge in [0, 0.05) is 16.7 Å². The van der Waals surface area contributed by atoms with Crippen LogP contribution in [0.15, 0.2) is 24.3 Å². The minimum atomic E-state index is -0.0332. The molecule has 0 aliphatic heterocycles. The van der Waals surface area contributed by atoms with Crippen molar-refractivity contribution in [2.75, 3.05) is 19.8 Å². The summed E-state index contributed by atoms with van der Waals surface area (Å²) in [7, 11) is 0. The Balaban J connectivity index is 2.24. The fourth-order valence-corrected chi connectivity index (χ4v) is 1.96. The van der Waals surface area contributed by atoms with Crippen molar-refractivity contribution >= 4 is 28.5 Å². The molecule has 0 atom stereocenters. The molecule has 1 rings (SSSR count). The number of ether oxygens (including phenoxy) is 1. The van der Waals surface area contributed by atoms with E-state index in [-0.39, 0.29) is 5.91 Å². The van der Waals surface area contributed by atoms with Crippen LogP contribution in [0.25, 0.3) is 0 Å². The molecule has 0 spiro atoms. The number of amides is 1. The molecule has 0 aliphatic rings. The Kier molecular flexibility index (Phi) is 7.19. The lowest BCUT2D eigenvalue weighted by molar-refractivity contribution is 0.0912. The average molecular weight is 347 g/mol. The number of rotatable bonds is 7. The fraction of sp³-hybridized carbons (Fsp3) is 0.462. The van der Waals surface area contributed by atoms with Crippen molar-refractivity contribution in [3.63, 3.8) is 0 Å². The van der Waals surface area contributed by atoms with Gasteiger partial charge in [-0.15, -0.1) is 0 Å². The lowest BCUT2D eigenvalue weighted by Crippen LogP contribution is -2.27. The summed E-state index contributed by atoms with van der Waals surface area (Å²) in [6, 6.07) is 7.55. The molecule has 0 fully saturated rings. The van der Waals surface area contributed by atoms with Crippen LogP contribution in [0.1, 0.15) is 30.1 Å². The Labute approximate surface area is 116 Å². The van der Waals surface area contributed by atoms with Crippen LogP contribution in [0.2, 0.25) is 0 Å². The number of nitrogens with one attached hydrogen (secondary N) is 1. The molecule has 94 valence electrons. The van der Waals surface area contributed by atoms with Crippen LogP contribution < -0.4 is 5.32 Å². The molecule has 0 aromatic heterocycles. The van der Waals surface area contributed by atoms with Gasteiger partial charge < -0.3 is 10.1 Å². The number of benzene rings is 1. The minimum absolute atomic E-state index is 0.0332. The molecule has 1 N–H and O–H groups in total. The highest BCUT2D eigenvalue weighted by Crippen LogP contribution is 2.10. The molecule has 0 heterocycles. The molecular formula is C13H18INO2. The van der Waals surface area contributed by atoms with Gasteiger partial charge in [0.15, 0.2) is 0 Å². The highest BCUT2D eigenvalue weighted by Gasteiger charge is 2.07. The topological polar surface area (TPSA) is 38.3 Å². The number of unbranched alkanes of at least 4 members (excludes halogenated alkanes) is 1. The molecule has 0 saturated heterocycles. The zero-order valence-corrected chi connectivity index (χ0v) is 12.2. The molecule has 0 unspecified atom stereocenters. The first kappa shape index (κ1) is 14.4. The van der Waals surface area contributed by atoms with E-state index in [2.05, 4.69) is 34.8 Å². The number of hydrogen-bond donors (Lipinski definition) is 1. The summed E-state index contributed by atoms with van der Waals surface area (Å²) in [5, 5.41) is 2.85. The summed E-state index contributed by atoms with van der Waals surface area (Å²) >= 11 is 2.16. The van der Waals surface area contributed by atoms with Crippen LogP contribution in [0.4, 0.5) is 0 Å². The first-order valence-corrected chi connectivity index (χ1v) is 6.94. The molecule has 0 bridgehead atoms. The van der Waals surface area contributed by atoms with Crippen LogP contribution in [0.5, 0.6) is 0 Å². The summed E-state index contributed by atoms with van der Waals surface area (Å²) in [4.78, 5) is 11.8. The lowest BCUT2D eigenvalue weighted by Gasteiger charge is -2.07. The second-order valence-corrected chi connectivity index (χ2v) is 4.86. The maximum Gasteiger partial charge on any atom is 0.252 e. The molecule has 1 amide bonds. The molecular weight excluding hydrogens is 329 g/mol. The maximum absolute atomic E-state index is 11.8. The second kappa shape index (κ2) is 8.47. The van der Waals surface area contributed by atoms with E-state index in [4.69, 9.17) is 4.74 Å². The Hall–Kier alpha value is -0.620. The number of hydrogen-bond acceptors (Lipinski definition) is 2. The van der Waals surface area contributed by atoms with Gasteiger partial charge in [-0.2, -0.15) is 0 Å². The fourth-order valence-electron chi connectivity index (χ4n) is 1.33. The van der Waals surface area contributed by atoms with Gasteiger partial charge in [-0.25, -0.2) is 0 Å². The molecule has 4 heteroatoms. The maximum atomic E-state index is 11.8. The predicted molar refractivity (Wildman–Crippen MR) is 77.2 cm³/mol. The molecule has 1 aromatic rings. The SMILES string of the molecule is CCCCOCCNC(=O)c1ccccc1I. The van der Waals surface area contributed by atoms with Crippen LogP contribution in [0, 0.1) is 3.57 Å². The molecule has 0 saturated carbocycles. The quantitative estimate of drug-likeness (QED) is 0.609. The zero-order chi connectivity index (χ0) is 12.5. The van der Waals surface area contributed by atoms with Crippen LogP contribution in [-0.2, 0) is 4.74 Å². The second-order valence-electron chi connectivity index (χ2n) is 3.70. The third-order valence-corrected chi connectivity index (χ3v) is 3.23. The third-order valence-electron chi connectivity index (χ3n) is 2.29. The van der Waals surface area contributed by atoms with Crippen molar-refractivity contribution < 1.29 is 9.53 Å². The monoisotopic (exact) mass is 347 g/mol. The smallest absolute Gasteiger partial charge is 0.252 e. The Morgan fingerprint density at radius 1 is 1.35 bits per heavy atom. The number of carbonyl (C=O) groups is 1. The third kappa shape index (κ3) is 5.50. The molecule has 0 radical (unpaired) electrons. The summed E-state index contributed by atoms with van der Waals surface area (Å²) < 4.78 is 6.34. The molecule has 0 aliphatic carbocycles. The Bertz CT molecular complexity index is 355. The highest BCUT2D eigenvalue weighted by atomic mass is 127. The summed E-state index contributed by atoms with van der Waals surface area (Å²) in [5.41, 5.74) is 0.724. The largest absolute Gasteiger partial charge is 0.380 e. The normalized spacial score (nSPS) is 10.2. The van der Waals surface area contributed by atoms with Gasteiger partial charge in [0.05, 0.1) is 12.2 Å². The van der Waals surface area contributed by atoms with Crippen LogP contribution in [0.3, 0.4) is 0 Å². The average Bonchev–Trinajstić information content (AvgIpc) is 2.34. The van der Waals surface area contributed by atoms with Gasteiger partial charge in [-0.1, -0.05) is 25.5 Å². The van der Waals surface area contributed by atoms with Gasteiger partial charge in [0.2, 0.25) is 0 Å². The zero-order valence-electron chi connectivity index (χ0n) is 10.0. The summed E-state index contributed by atoms with van der Waals surface area (Å²) in [6.07, 6.45) is 2.21. The van der Waals surface area contributed by atoms with E-state index in [9.17, 15) is 4.79 Å². The lowest BCUT2D eigenvalue weighted by atomic mass is 10.2. The molecule has 1 aromatic carbocycles. The van der Waals surface area contributed by atoms with E-state index >= 15 is 0 Å². The van der Waals surface area contributed by atoms with Crippen molar-refractivity contribution in [3.05, 3.63) is 33.4 Å². The van der Waals surface area contributed by atoms with E-state index < -0.39 is 0 Å². The first-order chi connectivity index (χ1) is 8.25. The van der Waals surface area contributed by atoms with Gasteiger partial charge in [0.1, 0.15) is 0 Å². The van der Waals surface area contributed by atoms with Gasteiger partial charge in [-0.3, -0.25) is 4.79 Å². The van der Waals surface area contributed by atoms with Gasteiger partial charge >= 0.3 is 0 Å². The van der Waals surface area contributed by atoms with Crippen molar-refractivity contribution in [2.45, 2.75) is 19.8 Å². The van der Waals surface area contributed by atoms with Crippen LogP contribution >= 0.6 is 22.6 Å². The van der Waals surface area contributed by atoms with E-state index in [1.807, 2.05) is 24.3 Å². The molecule has 17 heavy (non-hydrogen) atoms. The van der Waals surface area contributed by atoms with Gasteiger partial charge in [0.25, 0.3) is 5.91 Å². The highest BCUT2D eigenvalue weighted by molar-refractivity contribution is 14.1. The Morgan fingerprint density at radius 3 is 2.82 bits per heavy atom. The standard InChI is InChI=1S/C13H18INO2/c1-2-3-9-17-10-8-15-13(16)11-6-4-5-7-12(11)14/h4-7H,2-3,8-10H2,1H3,(H,15,16).